The third-order valence-electron chi connectivity index (χ3n) is 3.42. The third-order valence-corrected chi connectivity index (χ3v) is 5.03. The Kier molecular flexibility index (Phi) is 5.55. The van der Waals surface area contributed by atoms with E-state index in [-0.39, 0.29) is 19.2 Å². The van der Waals surface area contributed by atoms with Crippen LogP contribution in [-0.2, 0) is 11.3 Å². The molecule has 1 aromatic heterocycles. The predicted octanol–water partition coefficient (Wildman–Crippen LogP) is 3.87. The maximum atomic E-state index is 12.3. The van der Waals surface area contributed by atoms with Gasteiger partial charge in [0, 0.05) is 29.7 Å². The molecule has 7 heteroatoms. The number of nitrogens with one attached hydrogen (secondary N) is 1. The number of carbonyl (C=O) groups is 1. The first kappa shape index (κ1) is 17.0. The summed E-state index contributed by atoms with van der Waals surface area (Å²) in [4.78, 5) is 15.6. The summed E-state index contributed by atoms with van der Waals surface area (Å²) in [7, 11) is 0. The molecular formula is C17H17BrN2O3S. The van der Waals surface area contributed by atoms with E-state index in [0.29, 0.717) is 30.3 Å². The van der Waals surface area contributed by atoms with E-state index in [0.717, 1.165) is 3.79 Å². The highest BCUT2D eigenvalue weighted by Crippen LogP contribution is 2.34. The van der Waals surface area contributed by atoms with Crippen molar-refractivity contribution in [3.8, 4) is 11.5 Å². The van der Waals surface area contributed by atoms with Gasteiger partial charge in [0.15, 0.2) is 11.5 Å². The lowest BCUT2D eigenvalue weighted by Crippen LogP contribution is -2.32. The van der Waals surface area contributed by atoms with Crippen LogP contribution < -0.4 is 14.8 Å². The van der Waals surface area contributed by atoms with Gasteiger partial charge in [-0.1, -0.05) is 6.08 Å². The summed E-state index contributed by atoms with van der Waals surface area (Å²) in [6, 6.07) is 9.44. The summed E-state index contributed by atoms with van der Waals surface area (Å²) in [5.74, 6) is 1.27. The molecule has 3 rings (SSSR count). The fraction of sp³-hybridized carbons (Fsp3) is 0.235. The van der Waals surface area contributed by atoms with E-state index in [1.807, 2.05) is 11.0 Å². The number of nitrogens with zero attached hydrogens (tertiary/aromatic N) is 1. The van der Waals surface area contributed by atoms with Crippen LogP contribution >= 0.6 is 27.3 Å². The first-order valence-corrected chi connectivity index (χ1v) is 9.02. The van der Waals surface area contributed by atoms with Gasteiger partial charge in [-0.2, -0.15) is 0 Å². The van der Waals surface area contributed by atoms with Crippen LogP contribution in [0.3, 0.4) is 0 Å². The average molecular weight is 409 g/mol. The zero-order valence-electron chi connectivity index (χ0n) is 13.0. The Morgan fingerprint density at radius 2 is 2.17 bits per heavy atom. The Morgan fingerprint density at radius 3 is 2.92 bits per heavy atom. The van der Waals surface area contributed by atoms with Crippen molar-refractivity contribution >= 4 is 38.9 Å². The number of fused-ring (bicyclic) bond motifs is 1. The first-order chi connectivity index (χ1) is 11.6. The number of ether oxygens (including phenoxy) is 2. The highest BCUT2D eigenvalue weighted by atomic mass is 79.9. The van der Waals surface area contributed by atoms with Crippen LogP contribution in [0.25, 0.3) is 0 Å². The minimum absolute atomic E-state index is 0.0775. The van der Waals surface area contributed by atoms with Gasteiger partial charge in [0.1, 0.15) is 0 Å². The number of rotatable bonds is 7. The first-order valence-electron chi connectivity index (χ1n) is 7.41. The number of benzene rings is 1. The van der Waals surface area contributed by atoms with Crippen LogP contribution in [0.15, 0.2) is 46.8 Å². The Balaban J connectivity index is 1.59. The maximum Gasteiger partial charge on any atom is 0.238 e. The Labute approximate surface area is 153 Å². The van der Waals surface area contributed by atoms with Gasteiger partial charge >= 0.3 is 0 Å². The molecule has 2 aromatic rings. The van der Waals surface area contributed by atoms with Gasteiger partial charge in [0.2, 0.25) is 12.7 Å². The van der Waals surface area contributed by atoms with E-state index < -0.39 is 0 Å². The van der Waals surface area contributed by atoms with Crippen LogP contribution in [0, 0.1) is 0 Å². The number of thiophene rings is 1. The Hall–Kier alpha value is -1.83. The van der Waals surface area contributed by atoms with Gasteiger partial charge in [-0.05, 0) is 40.2 Å². The average Bonchev–Trinajstić information content (AvgIpc) is 3.15. The molecule has 0 aliphatic carbocycles. The zero-order chi connectivity index (χ0) is 16.9. The molecule has 0 fully saturated rings. The Bertz CT molecular complexity index is 747. The monoisotopic (exact) mass is 408 g/mol. The van der Waals surface area contributed by atoms with Crippen molar-refractivity contribution in [1.82, 2.24) is 4.90 Å². The zero-order valence-corrected chi connectivity index (χ0v) is 15.4. The molecule has 1 aromatic carbocycles. The molecule has 1 amide bonds. The van der Waals surface area contributed by atoms with Crippen molar-refractivity contribution in [1.29, 1.82) is 0 Å². The molecule has 0 bridgehead atoms. The number of amides is 1. The molecule has 0 atom stereocenters. The Morgan fingerprint density at radius 1 is 1.33 bits per heavy atom. The van der Waals surface area contributed by atoms with Crippen LogP contribution in [0.1, 0.15) is 4.88 Å². The molecule has 0 saturated heterocycles. The van der Waals surface area contributed by atoms with E-state index in [4.69, 9.17) is 9.47 Å². The summed E-state index contributed by atoms with van der Waals surface area (Å²) >= 11 is 5.12. The summed E-state index contributed by atoms with van der Waals surface area (Å²) in [6.45, 7) is 5.62. The van der Waals surface area contributed by atoms with Gasteiger partial charge < -0.3 is 14.8 Å². The van der Waals surface area contributed by atoms with Crippen molar-refractivity contribution in [2.24, 2.45) is 0 Å². The van der Waals surface area contributed by atoms with E-state index in [1.54, 1.807) is 35.6 Å². The molecule has 0 spiro atoms. The van der Waals surface area contributed by atoms with Crippen LogP contribution in [0.2, 0.25) is 0 Å². The second-order valence-corrected chi connectivity index (χ2v) is 7.83. The smallest absolute Gasteiger partial charge is 0.238 e. The van der Waals surface area contributed by atoms with Crippen molar-refractivity contribution in [3.63, 3.8) is 0 Å². The number of halogens is 1. The lowest BCUT2D eigenvalue weighted by Gasteiger charge is -2.19. The van der Waals surface area contributed by atoms with E-state index in [2.05, 4.69) is 33.9 Å². The van der Waals surface area contributed by atoms with Crippen molar-refractivity contribution in [3.05, 3.63) is 51.7 Å². The van der Waals surface area contributed by atoms with Crippen molar-refractivity contribution in [2.45, 2.75) is 6.54 Å². The van der Waals surface area contributed by atoms with Gasteiger partial charge in [-0.25, -0.2) is 0 Å². The third kappa shape index (κ3) is 4.37. The van der Waals surface area contributed by atoms with Gasteiger partial charge in [0.25, 0.3) is 0 Å². The number of carbonyl (C=O) groups excluding carboxylic acids is 1. The van der Waals surface area contributed by atoms with Crippen molar-refractivity contribution < 1.29 is 14.3 Å². The molecular weight excluding hydrogens is 392 g/mol. The minimum atomic E-state index is -0.0775. The maximum absolute atomic E-state index is 12.3. The normalized spacial score (nSPS) is 12.4. The topological polar surface area (TPSA) is 50.8 Å². The fourth-order valence-corrected chi connectivity index (χ4v) is 3.93. The van der Waals surface area contributed by atoms with Crippen LogP contribution in [-0.4, -0.2) is 30.7 Å². The van der Waals surface area contributed by atoms with Crippen molar-refractivity contribution in [2.75, 3.05) is 25.2 Å². The summed E-state index contributed by atoms with van der Waals surface area (Å²) in [5.41, 5.74) is 0.696. The summed E-state index contributed by atoms with van der Waals surface area (Å²) in [5, 5.41) is 2.90. The number of anilines is 1. The number of hydrogen-bond donors (Lipinski definition) is 1. The van der Waals surface area contributed by atoms with Gasteiger partial charge in [-0.3, -0.25) is 9.69 Å². The molecule has 0 unspecified atom stereocenters. The van der Waals surface area contributed by atoms with Crippen LogP contribution in [0.5, 0.6) is 11.5 Å². The lowest BCUT2D eigenvalue weighted by atomic mass is 10.2. The largest absolute Gasteiger partial charge is 0.454 e. The predicted molar refractivity (Wildman–Crippen MR) is 98.7 cm³/mol. The standard InChI is InChI=1S/C17H17BrN2O3S/c1-2-7-20(9-13-4-6-16(18)24-13)10-17(21)19-12-3-5-14-15(8-12)23-11-22-14/h2-6,8H,1,7,9-11H2,(H,19,21). The number of hydrogen-bond acceptors (Lipinski definition) is 5. The second kappa shape index (κ2) is 7.83. The molecule has 0 radical (unpaired) electrons. The highest BCUT2D eigenvalue weighted by Gasteiger charge is 2.15. The van der Waals surface area contributed by atoms with Gasteiger partial charge in [-0.15, -0.1) is 17.9 Å². The molecule has 5 nitrogen and oxygen atoms in total. The molecule has 126 valence electrons. The SMILES string of the molecule is C=CCN(CC(=O)Nc1ccc2c(c1)OCO2)Cc1ccc(Br)s1. The summed E-state index contributed by atoms with van der Waals surface area (Å²) in [6.07, 6.45) is 1.80. The molecule has 1 aliphatic rings. The molecule has 1 N–H and O–H groups in total. The van der Waals surface area contributed by atoms with E-state index >= 15 is 0 Å². The minimum Gasteiger partial charge on any atom is -0.454 e. The highest BCUT2D eigenvalue weighted by molar-refractivity contribution is 9.11. The molecule has 0 saturated carbocycles. The molecule has 2 heterocycles. The van der Waals surface area contributed by atoms with Crippen LogP contribution in [0.4, 0.5) is 5.69 Å². The van der Waals surface area contributed by atoms with E-state index in [1.165, 1.54) is 4.88 Å². The van der Waals surface area contributed by atoms with Gasteiger partial charge in [0.05, 0.1) is 10.3 Å². The summed E-state index contributed by atoms with van der Waals surface area (Å²) < 4.78 is 11.7. The quantitative estimate of drug-likeness (QED) is 0.706. The second-order valence-electron chi connectivity index (χ2n) is 5.28. The van der Waals surface area contributed by atoms with E-state index in [9.17, 15) is 4.79 Å². The lowest BCUT2D eigenvalue weighted by molar-refractivity contribution is -0.117. The fourth-order valence-electron chi connectivity index (χ4n) is 2.40. The molecule has 1 aliphatic heterocycles. The molecule has 24 heavy (non-hydrogen) atoms.